The topological polar surface area (TPSA) is 72.5 Å². The van der Waals surface area contributed by atoms with E-state index in [9.17, 15) is 13.2 Å². The molecule has 0 rings (SSSR count). The number of carbonyl (C=O) groups excluding carboxylic acids is 1. The van der Waals surface area contributed by atoms with E-state index in [2.05, 4.69) is 5.32 Å². The van der Waals surface area contributed by atoms with Crippen molar-refractivity contribution in [1.29, 1.82) is 0 Å². The van der Waals surface area contributed by atoms with E-state index in [4.69, 9.17) is 4.74 Å². The van der Waals surface area contributed by atoms with Crippen molar-refractivity contribution in [3.05, 3.63) is 0 Å². The lowest BCUT2D eigenvalue weighted by Gasteiger charge is -2.21. The van der Waals surface area contributed by atoms with E-state index in [1.54, 1.807) is 27.7 Å². The Morgan fingerprint density at radius 2 is 1.87 bits per heavy atom. The number of alkyl carbamates (subject to hydrolysis) is 1. The summed E-state index contributed by atoms with van der Waals surface area (Å²) in [6.07, 6.45) is 0.527. The molecule has 0 aromatic carbocycles. The van der Waals surface area contributed by atoms with Crippen LogP contribution in [0.4, 0.5) is 4.79 Å². The van der Waals surface area contributed by atoms with Crippen molar-refractivity contribution in [3.8, 4) is 0 Å². The van der Waals surface area contributed by atoms with Gasteiger partial charge in [0.1, 0.15) is 15.4 Å². The first-order valence-corrected chi connectivity index (χ1v) is 6.73. The van der Waals surface area contributed by atoms with E-state index in [0.717, 1.165) is 6.26 Å². The van der Waals surface area contributed by atoms with Gasteiger partial charge < -0.3 is 10.1 Å². The van der Waals surface area contributed by atoms with Gasteiger partial charge in [-0.15, -0.1) is 0 Å². The number of carbonyl (C=O) groups is 1. The van der Waals surface area contributed by atoms with Crippen LogP contribution >= 0.6 is 0 Å². The van der Waals surface area contributed by atoms with Crippen molar-refractivity contribution < 1.29 is 17.9 Å². The van der Waals surface area contributed by atoms with Gasteiger partial charge in [-0.1, -0.05) is 0 Å². The molecule has 0 saturated carbocycles. The van der Waals surface area contributed by atoms with Crippen molar-refractivity contribution in [2.75, 3.05) is 12.0 Å². The fraction of sp³-hybridized carbons (Fsp3) is 0.889. The number of rotatable bonds is 3. The van der Waals surface area contributed by atoms with Gasteiger partial charge in [0, 0.05) is 12.3 Å². The van der Waals surface area contributed by atoms with Gasteiger partial charge in [-0.3, -0.25) is 0 Å². The second kappa shape index (κ2) is 4.83. The summed E-state index contributed by atoms with van der Waals surface area (Å²) in [6, 6.07) is -0.449. The summed E-state index contributed by atoms with van der Waals surface area (Å²) in [7, 11) is -3.08. The second-order valence-electron chi connectivity index (χ2n) is 4.64. The highest BCUT2D eigenvalue weighted by molar-refractivity contribution is 7.90. The average Bonchev–Trinajstić information content (AvgIpc) is 1.73. The van der Waals surface area contributed by atoms with Crippen LogP contribution in [-0.4, -0.2) is 38.2 Å². The molecule has 1 unspecified atom stereocenters. The molecule has 0 fully saturated rings. The normalized spacial score (nSPS) is 14.5. The predicted molar refractivity (Wildman–Crippen MR) is 58.5 cm³/mol. The number of amides is 1. The molecular formula is C9H19NO4S. The zero-order valence-corrected chi connectivity index (χ0v) is 10.6. The molecule has 1 amide bonds. The predicted octanol–water partition coefficient (Wildman–Crippen LogP) is 0.944. The van der Waals surface area contributed by atoms with Crippen LogP contribution in [0.5, 0.6) is 0 Å². The van der Waals surface area contributed by atoms with E-state index in [0.29, 0.717) is 0 Å². The third-order valence-corrected chi connectivity index (χ3v) is 2.42. The molecule has 1 atom stereocenters. The van der Waals surface area contributed by atoms with Crippen molar-refractivity contribution in [2.45, 2.75) is 39.3 Å². The minimum Gasteiger partial charge on any atom is -0.444 e. The molecule has 0 aliphatic carbocycles. The van der Waals surface area contributed by atoms with E-state index < -0.39 is 27.6 Å². The molecule has 0 aromatic heterocycles. The average molecular weight is 237 g/mol. The van der Waals surface area contributed by atoms with Gasteiger partial charge in [0.05, 0.1) is 5.75 Å². The quantitative estimate of drug-likeness (QED) is 0.793. The highest BCUT2D eigenvalue weighted by atomic mass is 32.2. The molecular weight excluding hydrogens is 218 g/mol. The molecule has 0 aromatic rings. The number of ether oxygens (including phenoxy) is 1. The first-order chi connectivity index (χ1) is 6.49. The van der Waals surface area contributed by atoms with Crippen LogP contribution in [0.15, 0.2) is 0 Å². The Morgan fingerprint density at radius 1 is 1.40 bits per heavy atom. The third-order valence-electron chi connectivity index (χ3n) is 1.32. The van der Waals surface area contributed by atoms with Crippen molar-refractivity contribution in [1.82, 2.24) is 5.32 Å². The minimum absolute atomic E-state index is 0.0910. The molecule has 0 radical (unpaired) electrons. The van der Waals surface area contributed by atoms with Crippen LogP contribution in [0, 0.1) is 0 Å². The number of nitrogens with one attached hydrogen (secondary N) is 1. The molecule has 0 aliphatic heterocycles. The molecule has 0 spiro atoms. The van der Waals surface area contributed by atoms with Crippen LogP contribution in [0.25, 0.3) is 0 Å². The molecule has 0 saturated heterocycles. The van der Waals surface area contributed by atoms with Crippen LogP contribution in [0.3, 0.4) is 0 Å². The van der Waals surface area contributed by atoms with E-state index in [-0.39, 0.29) is 5.75 Å². The van der Waals surface area contributed by atoms with E-state index in [1.807, 2.05) is 0 Å². The Labute approximate surface area is 91.1 Å². The summed E-state index contributed by atoms with van der Waals surface area (Å²) in [6.45, 7) is 6.85. The lowest BCUT2D eigenvalue weighted by molar-refractivity contribution is 0.0513. The highest BCUT2D eigenvalue weighted by Gasteiger charge is 2.19. The summed E-state index contributed by atoms with van der Waals surface area (Å²) in [4.78, 5) is 11.2. The van der Waals surface area contributed by atoms with Gasteiger partial charge in [-0.2, -0.15) is 0 Å². The molecule has 6 heteroatoms. The highest BCUT2D eigenvalue weighted by Crippen LogP contribution is 2.06. The van der Waals surface area contributed by atoms with Crippen molar-refractivity contribution in [2.24, 2.45) is 0 Å². The minimum atomic E-state index is -3.08. The molecule has 15 heavy (non-hydrogen) atoms. The lowest BCUT2D eigenvalue weighted by atomic mass is 10.2. The van der Waals surface area contributed by atoms with Gasteiger partial charge in [0.15, 0.2) is 0 Å². The standard InChI is InChI=1S/C9H19NO4S/c1-7(6-15(5,12)13)10-8(11)14-9(2,3)4/h7H,6H2,1-5H3,(H,10,11). The Morgan fingerprint density at radius 3 is 2.20 bits per heavy atom. The molecule has 0 bridgehead atoms. The second-order valence-corrected chi connectivity index (χ2v) is 6.82. The zero-order valence-electron chi connectivity index (χ0n) is 9.83. The van der Waals surface area contributed by atoms with E-state index >= 15 is 0 Å². The summed E-state index contributed by atoms with van der Waals surface area (Å²) in [5, 5.41) is 2.45. The van der Waals surface area contributed by atoms with Crippen LogP contribution < -0.4 is 5.32 Å². The fourth-order valence-corrected chi connectivity index (χ4v) is 2.00. The van der Waals surface area contributed by atoms with Crippen LogP contribution in [-0.2, 0) is 14.6 Å². The smallest absolute Gasteiger partial charge is 0.407 e. The molecule has 90 valence electrons. The molecule has 0 heterocycles. The summed E-state index contributed by atoms with van der Waals surface area (Å²) < 4.78 is 26.8. The monoisotopic (exact) mass is 237 g/mol. The number of hydrogen-bond acceptors (Lipinski definition) is 4. The first-order valence-electron chi connectivity index (χ1n) is 4.67. The van der Waals surface area contributed by atoms with Crippen molar-refractivity contribution in [3.63, 3.8) is 0 Å². The largest absolute Gasteiger partial charge is 0.444 e. The number of hydrogen-bond donors (Lipinski definition) is 1. The van der Waals surface area contributed by atoms with E-state index in [1.165, 1.54) is 0 Å². The summed E-state index contributed by atoms with van der Waals surface area (Å²) in [5.41, 5.74) is -0.575. The number of sulfone groups is 1. The maximum Gasteiger partial charge on any atom is 0.407 e. The Kier molecular flexibility index (Phi) is 4.58. The van der Waals surface area contributed by atoms with Gasteiger partial charge in [-0.05, 0) is 27.7 Å². The Bertz CT molecular complexity index is 315. The first kappa shape index (κ1) is 14.2. The summed E-state index contributed by atoms with van der Waals surface area (Å²) >= 11 is 0. The Balaban J connectivity index is 4.09. The zero-order chi connectivity index (χ0) is 12.3. The molecule has 5 nitrogen and oxygen atoms in total. The maximum absolute atomic E-state index is 11.2. The fourth-order valence-electron chi connectivity index (χ4n) is 1.00. The Hall–Kier alpha value is -0.780. The lowest BCUT2D eigenvalue weighted by Crippen LogP contribution is -2.40. The van der Waals surface area contributed by atoms with Gasteiger partial charge in [-0.25, -0.2) is 13.2 Å². The molecule has 1 N–H and O–H groups in total. The van der Waals surface area contributed by atoms with Gasteiger partial charge in [0.2, 0.25) is 0 Å². The maximum atomic E-state index is 11.2. The van der Waals surface area contributed by atoms with Gasteiger partial charge >= 0.3 is 6.09 Å². The van der Waals surface area contributed by atoms with Gasteiger partial charge in [0.25, 0.3) is 0 Å². The van der Waals surface area contributed by atoms with Crippen LogP contribution in [0.1, 0.15) is 27.7 Å². The SMILES string of the molecule is CC(CS(C)(=O)=O)NC(=O)OC(C)(C)C. The van der Waals surface area contributed by atoms with Crippen molar-refractivity contribution >= 4 is 15.9 Å². The van der Waals surface area contributed by atoms with Crippen LogP contribution in [0.2, 0.25) is 0 Å². The third kappa shape index (κ3) is 9.52. The summed E-state index contributed by atoms with van der Waals surface area (Å²) in [5.74, 6) is -0.0910. The molecule has 0 aliphatic rings.